The molecule has 0 aromatic heterocycles. The number of hydrogen-bond acceptors (Lipinski definition) is 5. The van der Waals surface area contributed by atoms with Crippen molar-refractivity contribution in [3.8, 4) is 0 Å². The van der Waals surface area contributed by atoms with E-state index in [1.54, 1.807) is 6.08 Å². The van der Waals surface area contributed by atoms with Gasteiger partial charge in [0.05, 0.1) is 0 Å². The molecule has 5 aliphatic rings. The van der Waals surface area contributed by atoms with E-state index in [1.807, 2.05) is 6.20 Å². The van der Waals surface area contributed by atoms with Crippen LogP contribution in [0.4, 0.5) is 4.79 Å². The molecule has 3 aliphatic heterocycles. The lowest BCUT2D eigenvalue weighted by atomic mass is 9.67. The van der Waals surface area contributed by atoms with E-state index in [-0.39, 0.29) is 11.3 Å². The normalized spacial score (nSPS) is 35.2. The Labute approximate surface area is 171 Å². The Morgan fingerprint density at radius 3 is 2.14 bits per heavy atom. The topological polar surface area (TPSA) is 81.2 Å². The van der Waals surface area contributed by atoms with Gasteiger partial charge in [-0.1, -0.05) is 0 Å². The van der Waals surface area contributed by atoms with Gasteiger partial charge in [0.2, 0.25) is 0 Å². The van der Waals surface area contributed by atoms with Crippen molar-refractivity contribution in [3.63, 3.8) is 0 Å². The molecule has 5 rings (SSSR count). The van der Waals surface area contributed by atoms with Crippen molar-refractivity contribution >= 4 is 17.8 Å². The summed E-state index contributed by atoms with van der Waals surface area (Å²) in [4.78, 5) is 40.4. The Bertz CT molecular complexity index is 790. The van der Waals surface area contributed by atoms with E-state index in [2.05, 4.69) is 11.8 Å². The van der Waals surface area contributed by atoms with Crippen LogP contribution in [0.1, 0.15) is 39.0 Å². The number of likely N-dealkylation sites (N-methyl/N-ethyl adjacent to an activating group) is 2. The highest BCUT2D eigenvalue weighted by molar-refractivity contribution is 6.28. The number of allylic oxidation sites excluding steroid dienone is 3. The zero-order valence-electron chi connectivity index (χ0n) is 17.2. The van der Waals surface area contributed by atoms with Crippen LogP contribution in [0.3, 0.4) is 0 Å². The minimum absolute atomic E-state index is 0.192. The van der Waals surface area contributed by atoms with Crippen LogP contribution in [0.25, 0.3) is 0 Å². The van der Waals surface area contributed by atoms with Crippen LogP contribution in [-0.2, 0) is 9.59 Å². The highest BCUT2D eigenvalue weighted by Crippen LogP contribution is 2.49. The van der Waals surface area contributed by atoms with Crippen molar-refractivity contribution < 1.29 is 19.5 Å². The number of aliphatic hydroxyl groups excluding tert-OH is 1. The summed E-state index contributed by atoms with van der Waals surface area (Å²) in [6, 6.07) is 0.358. The third kappa shape index (κ3) is 3.47. The van der Waals surface area contributed by atoms with Crippen molar-refractivity contribution in [2.24, 2.45) is 17.8 Å². The van der Waals surface area contributed by atoms with Gasteiger partial charge in [0.1, 0.15) is 11.3 Å². The van der Waals surface area contributed by atoms with E-state index in [4.69, 9.17) is 0 Å². The van der Waals surface area contributed by atoms with Crippen LogP contribution in [0.2, 0.25) is 0 Å². The van der Waals surface area contributed by atoms with Gasteiger partial charge in [-0.2, -0.15) is 0 Å². The van der Waals surface area contributed by atoms with E-state index < -0.39 is 17.8 Å². The molecule has 4 amide bonds. The Hall–Kier alpha value is -2.57. The second kappa shape index (κ2) is 7.35. The fourth-order valence-electron chi connectivity index (χ4n) is 5.75. The number of aliphatic hydroxyl groups is 1. The van der Waals surface area contributed by atoms with Crippen molar-refractivity contribution in [1.82, 2.24) is 14.7 Å². The number of fused-ring (bicyclic) bond motifs is 1. The molecular weight excluding hydrogens is 370 g/mol. The lowest BCUT2D eigenvalue weighted by Crippen LogP contribution is -2.53. The number of rotatable bonds is 3. The molecular formula is C22H29N3O4. The average molecular weight is 399 g/mol. The first kappa shape index (κ1) is 19.7. The SMILES string of the molecule is CC1C2CC3CC(C2)CC(C3)N1/C=C/C=C(\O)C=C1C(=O)N(C)C(=O)N(C)C1=O. The fourth-order valence-corrected chi connectivity index (χ4v) is 5.75. The van der Waals surface area contributed by atoms with Gasteiger partial charge >= 0.3 is 6.03 Å². The molecule has 3 unspecified atom stereocenters. The zero-order chi connectivity index (χ0) is 20.9. The van der Waals surface area contributed by atoms with Crippen LogP contribution in [0, 0.1) is 17.8 Å². The smallest absolute Gasteiger partial charge is 0.333 e. The highest BCUT2D eigenvalue weighted by atomic mass is 16.3. The van der Waals surface area contributed by atoms with Gasteiger partial charge in [0.25, 0.3) is 11.8 Å². The Kier molecular flexibility index (Phi) is 5.00. The summed E-state index contributed by atoms with van der Waals surface area (Å²) in [6.07, 6.45) is 13.0. The highest BCUT2D eigenvalue weighted by Gasteiger charge is 2.45. The van der Waals surface area contributed by atoms with Gasteiger partial charge in [-0.05, 0) is 81.2 Å². The molecule has 0 spiro atoms. The van der Waals surface area contributed by atoms with Crippen molar-refractivity contribution in [2.75, 3.05) is 14.1 Å². The van der Waals surface area contributed by atoms with Crippen LogP contribution in [0.5, 0.6) is 0 Å². The van der Waals surface area contributed by atoms with E-state index in [0.29, 0.717) is 12.1 Å². The van der Waals surface area contributed by atoms with E-state index in [0.717, 1.165) is 33.6 Å². The summed E-state index contributed by atoms with van der Waals surface area (Å²) < 4.78 is 0. The molecule has 3 atom stereocenters. The molecule has 5 fully saturated rings. The summed E-state index contributed by atoms with van der Waals surface area (Å²) >= 11 is 0. The fraction of sp³-hybridized carbons (Fsp3) is 0.591. The molecule has 1 N–H and O–H groups in total. The summed E-state index contributed by atoms with van der Waals surface area (Å²) in [6.45, 7) is 2.30. The number of hydrogen-bond donors (Lipinski definition) is 1. The monoisotopic (exact) mass is 399 g/mol. The number of nitrogens with zero attached hydrogens (tertiary/aromatic N) is 3. The number of carbonyl (C=O) groups excluding carboxylic acids is 3. The predicted octanol–water partition coefficient (Wildman–Crippen LogP) is 2.82. The zero-order valence-corrected chi connectivity index (χ0v) is 17.2. The standard InChI is InChI=1S/C22H29N3O4/c1-13-16-8-14-7-15(9-16)11-17(10-14)25(13)6-4-5-18(26)12-19-20(27)23(2)22(29)24(3)21(19)28/h4-6,12-17,26H,7-11H2,1-3H3/b6-4+,18-5-. The van der Waals surface area contributed by atoms with Crippen molar-refractivity contribution in [3.05, 3.63) is 35.8 Å². The molecule has 7 heteroatoms. The van der Waals surface area contributed by atoms with Crippen LogP contribution in [0.15, 0.2) is 35.8 Å². The maximum absolute atomic E-state index is 12.2. The van der Waals surface area contributed by atoms with Gasteiger partial charge in [0, 0.05) is 26.2 Å². The Morgan fingerprint density at radius 1 is 0.966 bits per heavy atom. The first-order valence-corrected chi connectivity index (χ1v) is 10.4. The summed E-state index contributed by atoms with van der Waals surface area (Å²) in [5.41, 5.74) is -0.226. The molecule has 2 saturated carbocycles. The van der Waals surface area contributed by atoms with Gasteiger partial charge in [-0.25, -0.2) is 4.79 Å². The molecule has 29 heavy (non-hydrogen) atoms. The maximum Gasteiger partial charge on any atom is 0.333 e. The van der Waals surface area contributed by atoms with Crippen LogP contribution >= 0.6 is 0 Å². The molecule has 3 saturated heterocycles. The maximum atomic E-state index is 12.2. The van der Waals surface area contributed by atoms with Crippen LogP contribution < -0.4 is 0 Å². The van der Waals surface area contributed by atoms with Gasteiger partial charge in [-0.3, -0.25) is 19.4 Å². The minimum Gasteiger partial charge on any atom is -0.508 e. The molecule has 0 radical (unpaired) electrons. The van der Waals surface area contributed by atoms with E-state index in [9.17, 15) is 19.5 Å². The summed E-state index contributed by atoms with van der Waals surface area (Å²) in [5.74, 6) is 0.825. The molecule has 2 aliphatic carbocycles. The minimum atomic E-state index is -0.712. The van der Waals surface area contributed by atoms with Gasteiger partial charge in [0.15, 0.2) is 0 Å². The third-order valence-corrected chi connectivity index (χ3v) is 7.19. The first-order valence-electron chi connectivity index (χ1n) is 10.4. The number of carbonyl (C=O) groups is 3. The summed E-state index contributed by atoms with van der Waals surface area (Å²) in [7, 11) is 2.62. The molecule has 4 bridgehead atoms. The molecule has 0 aromatic carbocycles. The number of amides is 4. The summed E-state index contributed by atoms with van der Waals surface area (Å²) in [5, 5.41) is 10.3. The predicted molar refractivity (Wildman–Crippen MR) is 108 cm³/mol. The van der Waals surface area contributed by atoms with Gasteiger partial charge < -0.3 is 10.0 Å². The lowest BCUT2D eigenvalue weighted by molar-refractivity contribution is -0.134. The Balaban J connectivity index is 1.50. The number of urea groups is 1. The largest absolute Gasteiger partial charge is 0.508 e. The second-order valence-electron chi connectivity index (χ2n) is 9.01. The van der Waals surface area contributed by atoms with Crippen molar-refractivity contribution in [1.29, 1.82) is 0 Å². The second-order valence-corrected chi connectivity index (χ2v) is 9.01. The first-order chi connectivity index (χ1) is 13.8. The third-order valence-electron chi connectivity index (χ3n) is 7.19. The number of barbiturate groups is 1. The van der Waals surface area contributed by atoms with Gasteiger partial charge in [-0.15, -0.1) is 0 Å². The number of imide groups is 2. The van der Waals surface area contributed by atoms with Crippen molar-refractivity contribution in [2.45, 2.75) is 51.1 Å². The average Bonchev–Trinajstić information content (AvgIpc) is 2.83. The Morgan fingerprint density at radius 2 is 1.55 bits per heavy atom. The lowest BCUT2D eigenvalue weighted by Gasteiger charge is -2.38. The van der Waals surface area contributed by atoms with Crippen LogP contribution in [-0.4, -0.2) is 63.8 Å². The van der Waals surface area contributed by atoms with E-state index in [1.165, 1.54) is 52.3 Å². The molecule has 3 heterocycles. The quantitative estimate of drug-likeness (QED) is 0.342. The molecule has 7 nitrogen and oxygen atoms in total. The molecule has 0 aromatic rings. The van der Waals surface area contributed by atoms with E-state index >= 15 is 0 Å². The molecule has 156 valence electrons.